The summed E-state index contributed by atoms with van der Waals surface area (Å²) in [6.45, 7) is 1.91. The van der Waals surface area contributed by atoms with Crippen molar-refractivity contribution in [2.75, 3.05) is 17.9 Å². The number of hydrogen-bond donors (Lipinski definition) is 3. The minimum absolute atomic E-state index is 0.0665. The van der Waals surface area contributed by atoms with Crippen LogP contribution in [0.15, 0.2) is 53.4 Å². The van der Waals surface area contributed by atoms with E-state index in [0.29, 0.717) is 11.3 Å². The standard InChI is InChI=1S/C16H18N2O4S/c1-12-2-6-14(7-3-12)18-23(21,22)15-8-4-13(5-9-15)16(20)17-10-11-19/h2-9,18-19H,10-11H2,1H3,(H,17,20). The second-order valence-corrected chi connectivity index (χ2v) is 6.66. The van der Waals surface area contributed by atoms with Crippen molar-refractivity contribution in [1.29, 1.82) is 0 Å². The molecule has 0 aliphatic heterocycles. The average molecular weight is 334 g/mol. The lowest BCUT2D eigenvalue weighted by Gasteiger charge is -2.09. The number of anilines is 1. The van der Waals surface area contributed by atoms with E-state index in [-0.39, 0.29) is 24.0 Å². The Balaban J connectivity index is 2.14. The molecule has 2 aromatic carbocycles. The minimum atomic E-state index is -3.71. The highest BCUT2D eigenvalue weighted by Crippen LogP contribution is 2.17. The molecule has 0 aliphatic carbocycles. The van der Waals surface area contributed by atoms with Crippen LogP contribution in [0.25, 0.3) is 0 Å². The number of aryl methyl sites for hydroxylation is 1. The van der Waals surface area contributed by atoms with Crippen molar-refractivity contribution in [2.45, 2.75) is 11.8 Å². The molecule has 7 heteroatoms. The van der Waals surface area contributed by atoms with Gasteiger partial charge < -0.3 is 10.4 Å². The maximum atomic E-state index is 12.3. The molecule has 122 valence electrons. The Morgan fingerprint density at radius 2 is 1.65 bits per heavy atom. The summed E-state index contributed by atoms with van der Waals surface area (Å²) in [6.07, 6.45) is 0. The highest BCUT2D eigenvalue weighted by molar-refractivity contribution is 7.92. The Morgan fingerprint density at radius 1 is 1.04 bits per heavy atom. The second kappa shape index (κ2) is 7.26. The summed E-state index contributed by atoms with van der Waals surface area (Å²) in [7, 11) is -3.71. The molecule has 0 unspecified atom stereocenters. The summed E-state index contributed by atoms with van der Waals surface area (Å²) in [5.41, 5.74) is 1.83. The Hall–Kier alpha value is -2.38. The van der Waals surface area contributed by atoms with Gasteiger partial charge in [-0.2, -0.15) is 0 Å². The molecule has 0 atom stereocenters. The molecule has 3 N–H and O–H groups in total. The molecule has 0 radical (unpaired) electrons. The smallest absolute Gasteiger partial charge is 0.261 e. The van der Waals surface area contributed by atoms with E-state index in [0.717, 1.165) is 5.56 Å². The Bertz CT molecular complexity index is 769. The number of aliphatic hydroxyl groups excluding tert-OH is 1. The molecule has 0 saturated heterocycles. The van der Waals surface area contributed by atoms with Gasteiger partial charge in [-0.15, -0.1) is 0 Å². The number of benzene rings is 2. The van der Waals surface area contributed by atoms with E-state index in [4.69, 9.17) is 5.11 Å². The molecular weight excluding hydrogens is 316 g/mol. The number of rotatable bonds is 6. The summed E-state index contributed by atoms with van der Waals surface area (Å²) in [5, 5.41) is 11.2. The van der Waals surface area contributed by atoms with Crippen LogP contribution >= 0.6 is 0 Å². The van der Waals surface area contributed by atoms with E-state index >= 15 is 0 Å². The van der Waals surface area contributed by atoms with Crippen LogP contribution in [0.2, 0.25) is 0 Å². The quantitative estimate of drug-likeness (QED) is 0.746. The maximum Gasteiger partial charge on any atom is 0.261 e. The molecule has 6 nitrogen and oxygen atoms in total. The first-order valence-corrected chi connectivity index (χ1v) is 8.49. The normalized spacial score (nSPS) is 11.0. The average Bonchev–Trinajstić information content (AvgIpc) is 2.54. The third-order valence-corrected chi connectivity index (χ3v) is 4.53. The third kappa shape index (κ3) is 4.54. The fraction of sp³-hybridized carbons (Fsp3) is 0.188. The molecule has 1 amide bonds. The fourth-order valence-corrected chi connectivity index (χ4v) is 2.95. The summed E-state index contributed by atoms with van der Waals surface area (Å²) >= 11 is 0. The number of carbonyl (C=O) groups is 1. The van der Waals surface area contributed by atoms with Gasteiger partial charge >= 0.3 is 0 Å². The zero-order valence-electron chi connectivity index (χ0n) is 12.6. The van der Waals surface area contributed by atoms with Crippen LogP contribution < -0.4 is 10.0 Å². The van der Waals surface area contributed by atoms with Gasteiger partial charge in [0.25, 0.3) is 15.9 Å². The maximum absolute atomic E-state index is 12.3. The summed E-state index contributed by atoms with van der Waals surface area (Å²) in [6, 6.07) is 12.6. The van der Waals surface area contributed by atoms with Crippen LogP contribution in [0.4, 0.5) is 5.69 Å². The second-order valence-electron chi connectivity index (χ2n) is 4.98. The summed E-state index contributed by atoms with van der Waals surface area (Å²) in [5.74, 6) is -0.366. The van der Waals surface area contributed by atoms with Gasteiger partial charge in [-0.1, -0.05) is 17.7 Å². The number of hydrogen-bond acceptors (Lipinski definition) is 4. The molecular formula is C16H18N2O4S. The van der Waals surface area contributed by atoms with Crippen molar-refractivity contribution in [3.63, 3.8) is 0 Å². The topological polar surface area (TPSA) is 95.5 Å². The molecule has 0 bridgehead atoms. The molecule has 0 fully saturated rings. The zero-order valence-corrected chi connectivity index (χ0v) is 13.4. The number of carbonyl (C=O) groups excluding carboxylic acids is 1. The van der Waals surface area contributed by atoms with Crippen LogP contribution in [0.3, 0.4) is 0 Å². The van der Waals surface area contributed by atoms with E-state index < -0.39 is 10.0 Å². The van der Waals surface area contributed by atoms with Crippen molar-refractivity contribution in [3.8, 4) is 0 Å². The van der Waals surface area contributed by atoms with Crippen molar-refractivity contribution in [3.05, 3.63) is 59.7 Å². The number of sulfonamides is 1. The SMILES string of the molecule is Cc1ccc(NS(=O)(=O)c2ccc(C(=O)NCCO)cc2)cc1. The molecule has 0 saturated carbocycles. The first kappa shape index (κ1) is 17.0. The molecule has 0 aromatic heterocycles. The van der Waals surface area contributed by atoms with E-state index in [1.165, 1.54) is 24.3 Å². The molecule has 2 rings (SSSR count). The zero-order chi connectivity index (χ0) is 16.9. The molecule has 23 heavy (non-hydrogen) atoms. The van der Waals surface area contributed by atoms with Crippen LogP contribution in [0.1, 0.15) is 15.9 Å². The van der Waals surface area contributed by atoms with Gasteiger partial charge in [0, 0.05) is 17.8 Å². The fourth-order valence-electron chi connectivity index (χ4n) is 1.89. The highest BCUT2D eigenvalue weighted by Gasteiger charge is 2.15. The van der Waals surface area contributed by atoms with Gasteiger partial charge in [-0.05, 0) is 43.3 Å². The van der Waals surface area contributed by atoms with Crippen LogP contribution in [0.5, 0.6) is 0 Å². The van der Waals surface area contributed by atoms with Gasteiger partial charge in [0.05, 0.1) is 11.5 Å². The number of amides is 1. The lowest BCUT2D eigenvalue weighted by Crippen LogP contribution is -2.26. The summed E-state index contributed by atoms with van der Waals surface area (Å²) in [4.78, 5) is 11.8. The van der Waals surface area contributed by atoms with Crippen LogP contribution in [0, 0.1) is 6.92 Å². The van der Waals surface area contributed by atoms with E-state index in [2.05, 4.69) is 10.0 Å². The van der Waals surface area contributed by atoms with Crippen LogP contribution in [-0.2, 0) is 10.0 Å². The first-order valence-electron chi connectivity index (χ1n) is 7.01. The molecule has 0 spiro atoms. The molecule has 2 aromatic rings. The first-order chi connectivity index (χ1) is 10.9. The number of nitrogens with one attached hydrogen (secondary N) is 2. The van der Waals surface area contributed by atoms with E-state index in [1.54, 1.807) is 12.1 Å². The van der Waals surface area contributed by atoms with Gasteiger partial charge in [0.2, 0.25) is 0 Å². The van der Waals surface area contributed by atoms with Gasteiger partial charge in [0.1, 0.15) is 0 Å². The Morgan fingerprint density at radius 3 is 2.22 bits per heavy atom. The third-order valence-electron chi connectivity index (χ3n) is 3.13. The van der Waals surface area contributed by atoms with Crippen molar-refractivity contribution in [1.82, 2.24) is 5.32 Å². The summed E-state index contributed by atoms with van der Waals surface area (Å²) < 4.78 is 27.1. The highest BCUT2D eigenvalue weighted by atomic mass is 32.2. The Kier molecular flexibility index (Phi) is 5.36. The van der Waals surface area contributed by atoms with Crippen molar-refractivity contribution < 1.29 is 18.3 Å². The lowest BCUT2D eigenvalue weighted by atomic mass is 10.2. The Labute approximate surface area is 135 Å². The van der Waals surface area contributed by atoms with Gasteiger partial charge in [0.15, 0.2) is 0 Å². The van der Waals surface area contributed by atoms with E-state index in [9.17, 15) is 13.2 Å². The van der Waals surface area contributed by atoms with Gasteiger partial charge in [-0.3, -0.25) is 9.52 Å². The monoisotopic (exact) mass is 334 g/mol. The molecule has 0 heterocycles. The lowest BCUT2D eigenvalue weighted by molar-refractivity contribution is 0.0944. The van der Waals surface area contributed by atoms with E-state index in [1.807, 2.05) is 19.1 Å². The number of aliphatic hydroxyl groups is 1. The van der Waals surface area contributed by atoms with Crippen molar-refractivity contribution in [2.24, 2.45) is 0 Å². The predicted octanol–water partition coefficient (Wildman–Crippen LogP) is 1.52. The minimum Gasteiger partial charge on any atom is -0.395 e. The predicted molar refractivity (Wildman–Crippen MR) is 87.8 cm³/mol. The molecule has 0 aliphatic rings. The van der Waals surface area contributed by atoms with Crippen molar-refractivity contribution >= 4 is 21.6 Å². The van der Waals surface area contributed by atoms with Gasteiger partial charge in [-0.25, -0.2) is 8.42 Å². The van der Waals surface area contributed by atoms with Crippen LogP contribution in [-0.4, -0.2) is 32.6 Å². The largest absolute Gasteiger partial charge is 0.395 e.